The Hall–Kier alpha value is -1.09. The quantitative estimate of drug-likeness (QED) is 0.722. The Morgan fingerprint density at radius 2 is 2.44 bits per heavy atom. The van der Waals surface area contributed by atoms with Gasteiger partial charge in [0.15, 0.2) is 0 Å². The molecular weight excluding hydrogens is 198 g/mol. The fourth-order valence-electron chi connectivity index (χ4n) is 2.26. The molecule has 1 aliphatic heterocycles. The van der Waals surface area contributed by atoms with Crippen molar-refractivity contribution in [2.45, 2.75) is 25.9 Å². The first-order chi connectivity index (χ1) is 7.78. The minimum absolute atomic E-state index is 0.587. The van der Waals surface area contributed by atoms with Gasteiger partial charge in [-0.2, -0.15) is 0 Å². The van der Waals surface area contributed by atoms with Crippen molar-refractivity contribution >= 4 is 0 Å². The summed E-state index contributed by atoms with van der Waals surface area (Å²) < 4.78 is 2.06. The average molecular weight is 218 g/mol. The largest absolute Gasteiger partial charge is 0.333 e. The lowest BCUT2D eigenvalue weighted by Crippen LogP contribution is -2.33. The second kappa shape index (κ2) is 5.30. The van der Waals surface area contributed by atoms with Crippen LogP contribution in [0, 0.1) is 12.8 Å². The molecule has 0 aliphatic carbocycles. The van der Waals surface area contributed by atoms with Crippen LogP contribution in [0.2, 0.25) is 0 Å². The van der Waals surface area contributed by atoms with Gasteiger partial charge in [0.05, 0.1) is 12.0 Å². The van der Waals surface area contributed by atoms with Crippen LogP contribution in [0.25, 0.3) is 0 Å². The van der Waals surface area contributed by atoms with Gasteiger partial charge in [0, 0.05) is 25.8 Å². The first kappa shape index (κ1) is 11.4. The number of rotatable bonds is 4. The number of piperidine rings is 1. The van der Waals surface area contributed by atoms with Gasteiger partial charge in [-0.05, 0) is 32.2 Å². The lowest BCUT2D eigenvalue weighted by Gasteiger charge is -2.29. The molecular formula is C13H20N3. The monoisotopic (exact) mass is 218 g/mol. The molecule has 16 heavy (non-hydrogen) atoms. The molecule has 1 radical (unpaired) electrons. The van der Waals surface area contributed by atoms with Crippen molar-refractivity contribution in [2.24, 2.45) is 5.92 Å². The molecule has 87 valence electrons. The molecule has 0 aromatic carbocycles. The molecule has 3 nitrogen and oxygen atoms in total. The maximum Gasteiger partial charge on any atom is 0.0952 e. The number of hydrogen-bond acceptors (Lipinski definition) is 2. The van der Waals surface area contributed by atoms with E-state index < -0.39 is 0 Å². The third kappa shape index (κ3) is 2.95. The van der Waals surface area contributed by atoms with Crippen LogP contribution in [0.1, 0.15) is 18.5 Å². The Morgan fingerprint density at radius 3 is 3.19 bits per heavy atom. The third-order valence-electron chi connectivity index (χ3n) is 3.02. The summed E-state index contributed by atoms with van der Waals surface area (Å²) in [4.78, 5) is 6.85. The second-order valence-electron chi connectivity index (χ2n) is 4.59. The molecule has 0 N–H and O–H groups in total. The first-order valence-electron chi connectivity index (χ1n) is 5.95. The topological polar surface area (TPSA) is 21.1 Å². The molecule has 1 saturated heterocycles. The standard InChI is InChI=1S/C13H20N3/c1-3-6-16-10-13(14-11-16)9-15-7-4-5-12(2)8-15/h3,10-12H,1-2,4-9H2. The van der Waals surface area contributed by atoms with Crippen molar-refractivity contribution in [3.63, 3.8) is 0 Å². The van der Waals surface area contributed by atoms with Gasteiger partial charge in [0.25, 0.3) is 0 Å². The zero-order valence-electron chi connectivity index (χ0n) is 9.81. The highest BCUT2D eigenvalue weighted by atomic mass is 15.1. The van der Waals surface area contributed by atoms with Crippen molar-refractivity contribution in [3.05, 3.63) is 37.8 Å². The molecule has 0 saturated carbocycles. The van der Waals surface area contributed by atoms with Gasteiger partial charge in [-0.1, -0.05) is 6.08 Å². The summed E-state index contributed by atoms with van der Waals surface area (Å²) in [6.07, 6.45) is 8.40. The highest BCUT2D eigenvalue weighted by Crippen LogP contribution is 2.16. The zero-order chi connectivity index (χ0) is 11.4. The van der Waals surface area contributed by atoms with Crippen LogP contribution in [-0.2, 0) is 13.1 Å². The van der Waals surface area contributed by atoms with Gasteiger partial charge in [-0.3, -0.25) is 4.90 Å². The van der Waals surface area contributed by atoms with Gasteiger partial charge < -0.3 is 4.57 Å². The van der Waals surface area contributed by atoms with Crippen LogP contribution < -0.4 is 0 Å². The molecule has 1 aromatic heterocycles. The van der Waals surface area contributed by atoms with E-state index in [0.717, 1.165) is 25.3 Å². The maximum atomic E-state index is 4.41. The lowest BCUT2D eigenvalue weighted by molar-refractivity contribution is 0.186. The van der Waals surface area contributed by atoms with Gasteiger partial charge in [-0.15, -0.1) is 6.58 Å². The summed E-state index contributed by atoms with van der Waals surface area (Å²) in [6, 6.07) is 0. The van der Waals surface area contributed by atoms with Crippen LogP contribution in [0.5, 0.6) is 0 Å². The Bertz CT molecular complexity index is 343. The second-order valence-corrected chi connectivity index (χ2v) is 4.59. The molecule has 0 amide bonds. The molecule has 3 heteroatoms. The highest BCUT2D eigenvalue weighted by Gasteiger charge is 2.16. The van der Waals surface area contributed by atoms with Crippen molar-refractivity contribution in [3.8, 4) is 0 Å². The van der Waals surface area contributed by atoms with E-state index >= 15 is 0 Å². The number of aromatic nitrogens is 2. The van der Waals surface area contributed by atoms with Crippen LogP contribution >= 0.6 is 0 Å². The Morgan fingerprint density at radius 1 is 1.56 bits per heavy atom. The number of imidazole rings is 1. The first-order valence-corrected chi connectivity index (χ1v) is 5.95. The van der Waals surface area contributed by atoms with Gasteiger partial charge >= 0.3 is 0 Å². The normalized spacial score (nSPS) is 22.2. The van der Waals surface area contributed by atoms with E-state index in [2.05, 4.69) is 34.2 Å². The third-order valence-corrected chi connectivity index (χ3v) is 3.02. The number of hydrogen-bond donors (Lipinski definition) is 0. The summed E-state index contributed by atoms with van der Waals surface area (Å²) in [5.41, 5.74) is 1.15. The summed E-state index contributed by atoms with van der Waals surface area (Å²) in [6.45, 7) is 11.9. The molecule has 1 unspecified atom stereocenters. The molecule has 2 rings (SSSR count). The van der Waals surface area contributed by atoms with Gasteiger partial charge in [0.1, 0.15) is 0 Å². The van der Waals surface area contributed by atoms with E-state index in [4.69, 9.17) is 0 Å². The predicted octanol–water partition coefficient (Wildman–Crippen LogP) is 2.12. The number of nitrogens with zero attached hydrogens (tertiary/aromatic N) is 3. The molecule has 1 aliphatic rings. The fraction of sp³-hybridized carbons (Fsp3) is 0.538. The van der Waals surface area contributed by atoms with E-state index in [1.165, 1.54) is 19.4 Å². The van der Waals surface area contributed by atoms with E-state index in [9.17, 15) is 0 Å². The molecule has 1 fully saturated rings. The van der Waals surface area contributed by atoms with Crippen molar-refractivity contribution in [1.82, 2.24) is 14.5 Å². The van der Waals surface area contributed by atoms with Crippen molar-refractivity contribution < 1.29 is 0 Å². The lowest BCUT2D eigenvalue weighted by atomic mass is 10.0. The van der Waals surface area contributed by atoms with E-state index in [0.29, 0.717) is 5.92 Å². The van der Waals surface area contributed by atoms with E-state index in [-0.39, 0.29) is 0 Å². The zero-order valence-corrected chi connectivity index (χ0v) is 9.81. The predicted molar refractivity (Wildman–Crippen MR) is 65.8 cm³/mol. The summed E-state index contributed by atoms with van der Waals surface area (Å²) in [7, 11) is 0. The SMILES string of the molecule is [CH2]C1CCCN(Cc2cn(CC=C)cn2)C1. The minimum atomic E-state index is 0.587. The van der Waals surface area contributed by atoms with E-state index in [1.54, 1.807) is 0 Å². The van der Waals surface area contributed by atoms with E-state index in [1.807, 2.05) is 12.4 Å². The van der Waals surface area contributed by atoms with Crippen molar-refractivity contribution in [1.29, 1.82) is 0 Å². The Balaban J connectivity index is 1.89. The Labute approximate surface area is 97.8 Å². The maximum absolute atomic E-state index is 4.41. The number of likely N-dealkylation sites (tertiary alicyclic amines) is 1. The summed E-state index contributed by atoms with van der Waals surface area (Å²) in [5, 5.41) is 0. The van der Waals surface area contributed by atoms with Crippen molar-refractivity contribution in [2.75, 3.05) is 13.1 Å². The molecule has 0 bridgehead atoms. The minimum Gasteiger partial charge on any atom is -0.333 e. The smallest absolute Gasteiger partial charge is 0.0952 e. The Kier molecular flexibility index (Phi) is 3.78. The summed E-state index contributed by atoms with van der Waals surface area (Å²) in [5.74, 6) is 0.587. The van der Waals surface area contributed by atoms with Crippen LogP contribution in [-0.4, -0.2) is 27.5 Å². The van der Waals surface area contributed by atoms with Crippen LogP contribution in [0.3, 0.4) is 0 Å². The molecule has 2 heterocycles. The summed E-state index contributed by atoms with van der Waals surface area (Å²) >= 11 is 0. The van der Waals surface area contributed by atoms with Gasteiger partial charge in [0.2, 0.25) is 0 Å². The molecule has 1 aromatic rings. The van der Waals surface area contributed by atoms with Crippen LogP contribution in [0.4, 0.5) is 0 Å². The molecule has 0 spiro atoms. The molecule has 1 atom stereocenters. The van der Waals surface area contributed by atoms with Crippen LogP contribution in [0.15, 0.2) is 25.2 Å². The number of allylic oxidation sites excluding steroid dienone is 1. The van der Waals surface area contributed by atoms with Gasteiger partial charge in [-0.25, -0.2) is 4.98 Å². The highest BCUT2D eigenvalue weighted by molar-refractivity contribution is 4.98. The average Bonchev–Trinajstić information content (AvgIpc) is 2.66. The fourth-order valence-corrected chi connectivity index (χ4v) is 2.26.